The molecule has 2 atom stereocenters. The van der Waals surface area contributed by atoms with Crippen LogP contribution in [0.1, 0.15) is 54.4 Å². The third-order valence-corrected chi connectivity index (χ3v) is 4.31. The number of piperidine rings is 1. The molecule has 0 aromatic heterocycles. The number of rotatable bonds is 6. The topological polar surface area (TPSA) is 54.5 Å². The third kappa shape index (κ3) is 4.39. The molecule has 0 bridgehead atoms. The number of epoxide rings is 1. The van der Waals surface area contributed by atoms with E-state index < -0.39 is 5.60 Å². The smallest absolute Gasteiger partial charge is 0.104 e. The molecule has 2 aliphatic heterocycles. The summed E-state index contributed by atoms with van der Waals surface area (Å²) in [7, 11) is 0. The average molecular weight is 301 g/mol. The van der Waals surface area contributed by atoms with E-state index in [9.17, 15) is 5.11 Å². The van der Waals surface area contributed by atoms with Gasteiger partial charge in [0.05, 0.1) is 37.1 Å². The van der Waals surface area contributed by atoms with Crippen LogP contribution in [0.25, 0.3) is 0 Å². The maximum Gasteiger partial charge on any atom is 0.104 e. The van der Waals surface area contributed by atoms with Crippen molar-refractivity contribution in [3.63, 3.8) is 0 Å². The number of nitrogens with zero attached hydrogens (tertiary/aromatic N) is 1. The van der Waals surface area contributed by atoms with Crippen LogP contribution in [0.5, 0.6) is 0 Å². The van der Waals surface area contributed by atoms with Crippen LogP contribution in [-0.4, -0.2) is 58.9 Å². The highest BCUT2D eigenvalue weighted by molar-refractivity contribution is 4.99. The van der Waals surface area contributed by atoms with Crippen molar-refractivity contribution >= 4 is 0 Å². The maximum absolute atomic E-state index is 9.94. The van der Waals surface area contributed by atoms with Crippen LogP contribution >= 0.6 is 0 Å². The molecule has 5 nitrogen and oxygen atoms in total. The molecule has 0 radical (unpaired) electrons. The summed E-state index contributed by atoms with van der Waals surface area (Å²) in [6.07, 6.45) is 2.39. The van der Waals surface area contributed by atoms with Crippen LogP contribution in [-0.2, 0) is 14.3 Å². The molecule has 2 saturated heterocycles. The highest BCUT2D eigenvalue weighted by atomic mass is 16.7. The Kier molecular flexibility index (Phi) is 4.72. The first kappa shape index (κ1) is 17.2. The fourth-order valence-electron chi connectivity index (χ4n) is 3.09. The maximum atomic E-state index is 9.94. The van der Waals surface area contributed by atoms with Crippen molar-refractivity contribution in [2.45, 2.75) is 83.3 Å². The molecule has 5 heteroatoms. The standard InChI is InChI=1S/C16H31NO4/c1-14(2)8-7-13(20-10-12-9-19-12)16(5,6)17(14)21-11-15(3,4)18/h12-13,18H,7-11H2,1-6H3. The fraction of sp³-hybridized carbons (Fsp3) is 1.00. The molecular formula is C16H31NO4. The van der Waals surface area contributed by atoms with Crippen molar-refractivity contribution in [3.8, 4) is 0 Å². The van der Waals surface area contributed by atoms with Crippen molar-refractivity contribution in [1.82, 2.24) is 5.06 Å². The first-order valence-corrected chi connectivity index (χ1v) is 7.91. The molecule has 0 aromatic rings. The molecule has 0 spiro atoms. The highest BCUT2D eigenvalue weighted by Gasteiger charge is 2.49. The lowest BCUT2D eigenvalue weighted by atomic mass is 9.80. The monoisotopic (exact) mass is 301 g/mol. The summed E-state index contributed by atoms with van der Waals surface area (Å²) in [5, 5.41) is 12.0. The van der Waals surface area contributed by atoms with Crippen LogP contribution in [0.15, 0.2) is 0 Å². The van der Waals surface area contributed by atoms with Crippen molar-refractivity contribution < 1.29 is 19.4 Å². The summed E-state index contributed by atoms with van der Waals surface area (Å²) in [5.74, 6) is 0. The summed E-state index contributed by atoms with van der Waals surface area (Å²) in [4.78, 5) is 6.00. The Morgan fingerprint density at radius 1 is 1.29 bits per heavy atom. The van der Waals surface area contributed by atoms with Gasteiger partial charge in [-0.2, -0.15) is 5.06 Å². The van der Waals surface area contributed by atoms with Crippen molar-refractivity contribution in [2.75, 3.05) is 19.8 Å². The molecule has 2 aliphatic rings. The minimum atomic E-state index is -0.845. The summed E-state index contributed by atoms with van der Waals surface area (Å²) >= 11 is 0. The Hall–Kier alpha value is -0.200. The quantitative estimate of drug-likeness (QED) is 0.762. The minimum absolute atomic E-state index is 0.0787. The Morgan fingerprint density at radius 3 is 2.43 bits per heavy atom. The molecule has 0 amide bonds. The van der Waals surface area contributed by atoms with E-state index in [1.54, 1.807) is 13.8 Å². The van der Waals surface area contributed by atoms with Gasteiger partial charge in [0, 0.05) is 5.54 Å². The van der Waals surface area contributed by atoms with Gasteiger partial charge in [0.15, 0.2) is 0 Å². The molecule has 0 aromatic carbocycles. The normalized spacial score (nSPS) is 32.1. The second kappa shape index (κ2) is 5.78. The van der Waals surface area contributed by atoms with Gasteiger partial charge in [0.25, 0.3) is 0 Å². The zero-order chi connectivity index (χ0) is 15.9. The Balaban J connectivity index is 2.04. The molecule has 0 aliphatic carbocycles. The van der Waals surface area contributed by atoms with E-state index in [0.29, 0.717) is 6.61 Å². The number of ether oxygens (including phenoxy) is 2. The van der Waals surface area contributed by atoms with E-state index in [1.807, 2.05) is 5.06 Å². The molecular weight excluding hydrogens is 270 g/mol. The fourth-order valence-corrected chi connectivity index (χ4v) is 3.09. The van der Waals surface area contributed by atoms with E-state index in [-0.39, 0.29) is 29.9 Å². The van der Waals surface area contributed by atoms with E-state index >= 15 is 0 Å². The second-order valence-electron chi connectivity index (χ2n) is 8.16. The minimum Gasteiger partial charge on any atom is -0.388 e. The molecule has 2 rings (SSSR count). The Labute approximate surface area is 128 Å². The van der Waals surface area contributed by atoms with Gasteiger partial charge < -0.3 is 14.6 Å². The van der Waals surface area contributed by atoms with E-state index in [4.69, 9.17) is 14.3 Å². The van der Waals surface area contributed by atoms with E-state index in [1.165, 1.54) is 0 Å². The first-order chi connectivity index (χ1) is 9.52. The van der Waals surface area contributed by atoms with Crippen molar-refractivity contribution in [2.24, 2.45) is 0 Å². The molecule has 2 fully saturated rings. The van der Waals surface area contributed by atoms with Gasteiger partial charge in [-0.3, -0.25) is 4.84 Å². The molecule has 1 N–H and O–H groups in total. The van der Waals surface area contributed by atoms with Gasteiger partial charge >= 0.3 is 0 Å². The van der Waals surface area contributed by atoms with Gasteiger partial charge in [-0.15, -0.1) is 0 Å². The van der Waals surface area contributed by atoms with E-state index in [0.717, 1.165) is 19.4 Å². The van der Waals surface area contributed by atoms with Crippen LogP contribution in [0.2, 0.25) is 0 Å². The first-order valence-electron chi connectivity index (χ1n) is 7.91. The predicted molar refractivity (Wildman–Crippen MR) is 81.0 cm³/mol. The second-order valence-corrected chi connectivity index (χ2v) is 8.16. The van der Waals surface area contributed by atoms with Crippen LogP contribution in [0, 0.1) is 0 Å². The summed E-state index contributed by atoms with van der Waals surface area (Å²) < 4.78 is 11.3. The summed E-state index contributed by atoms with van der Waals surface area (Å²) in [5.41, 5.74) is -1.17. The molecule has 2 unspecified atom stereocenters. The summed E-state index contributed by atoms with van der Waals surface area (Å²) in [6.45, 7) is 13.9. The van der Waals surface area contributed by atoms with Gasteiger partial charge in [0.1, 0.15) is 6.10 Å². The lowest BCUT2D eigenvalue weighted by Crippen LogP contribution is -2.65. The average Bonchev–Trinajstić information content (AvgIpc) is 3.08. The molecule has 0 saturated carbocycles. The van der Waals surface area contributed by atoms with Crippen LogP contribution in [0.4, 0.5) is 0 Å². The van der Waals surface area contributed by atoms with Gasteiger partial charge in [-0.25, -0.2) is 0 Å². The number of aliphatic hydroxyl groups is 1. The zero-order valence-electron chi connectivity index (χ0n) is 14.3. The zero-order valence-corrected chi connectivity index (χ0v) is 14.3. The van der Waals surface area contributed by atoms with Crippen LogP contribution < -0.4 is 0 Å². The number of hydroxylamine groups is 2. The molecule has 21 heavy (non-hydrogen) atoms. The largest absolute Gasteiger partial charge is 0.388 e. The van der Waals surface area contributed by atoms with Gasteiger partial charge in [0.2, 0.25) is 0 Å². The Bertz CT molecular complexity index is 356. The number of hydrogen-bond donors (Lipinski definition) is 1. The van der Waals surface area contributed by atoms with E-state index in [2.05, 4.69) is 27.7 Å². The van der Waals surface area contributed by atoms with Gasteiger partial charge in [-0.1, -0.05) is 0 Å². The molecule has 124 valence electrons. The lowest BCUT2D eigenvalue weighted by Gasteiger charge is -2.55. The SMILES string of the molecule is CC(C)(O)CON1C(C)(C)CCC(OCC2CO2)C1(C)C. The van der Waals surface area contributed by atoms with Crippen molar-refractivity contribution in [1.29, 1.82) is 0 Å². The predicted octanol–water partition coefficient (Wildman–Crippen LogP) is 2.13. The van der Waals surface area contributed by atoms with Gasteiger partial charge in [-0.05, 0) is 54.4 Å². The van der Waals surface area contributed by atoms with Crippen molar-refractivity contribution in [3.05, 3.63) is 0 Å². The summed E-state index contributed by atoms with van der Waals surface area (Å²) in [6, 6.07) is 0. The lowest BCUT2D eigenvalue weighted by molar-refractivity contribution is -0.319. The Morgan fingerprint density at radius 2 is 1.90 bits per heavy atom. The highest BCUT2D eigenvalue weighted by Crippen LogP contribution is 2.40. The van der Waals surface area contributed by atoms with Crippen LogP contribution in [0.3, 0.4) is 0 Å². The third-order valence-electron chi connectivity index (χ3n) is 4.31. The molecule has 2 heterocycles. The number of hydrogen-bond acceptors (Lipinski definition) is 5.